The third kappa shape index (κ3) is 2.59. The van der Waals surface area contributed by atoms with Crippen LogP contribution in [0.5, 0.6) is 0 Å². The van der Waals surface area contributed by atoms with Crippen LogP contribution in [0.2, 0.25) is 0 Å². The molecule has 1 aromatic heterocycles. The molecule has 0 spiro atoms. The van der Waals surface area contributed by atoms with Crippen LogP contribution in [-0.2, 0) is 0 Å². The molecule has 20 heavy (non-hydrogen) atoms. The van der Waals surface area contributed by atoms with E-state index in [1.54, 1.807) is 6.20 Å². The molecule has 0 saturated heterocycles. The maximum Gasteiger partial charge on any atom is 0.256 e. The van der Waals surface area contributed by atoms with Gasteiger partial charge in [0, 0.05) is 11.6 Å². The summed E-state index contributed by atoms with van der Waals surface area (Å²) in [6.07, 6.45) is 6.54. The van der Waals surface area contributed by atoms with Crippen molar-refractivity contribution in [2.24, 2.45) is 0 Å². The molecule has 1 amide bonds. The molecule has 1 saturated carbocycles. The first-order valence-corrected chi connectivity index (χ1v) is 7.15. The molecule has 3 rings (SSSR count). The van der Waals surface area contributed by atoms with Crippen LogP contribution in [0.25, 0.3) is 0 Å². The number of nitrogens with zero attached hydrogens (tertiary/aromatic N) is 2. The van der Waals surface area contributed by atoms with Crippen LogP contribution in [0.3, 0.4) is 0 Å². The minimum atomic E-state index is -0.0789. The first kappa shape index (κ1) is 12.9. The molecule has 0 radical (unpaired) electrons. The molecule has 4 nitrogen and oxygen atoms in total. The molecule has 0 bridgehead atoms. The number of hydrogen-bond acceptors (Lipinski definition) is 2. The van der Waals surface area contributed by atoms with Gasteiger partial charge in [-0.25, -0.2) is 4.68 Å². The maximum absolute atomic E-state index is 12.2. The number of amides is 1. The Labute approximate surface area is 118 Å². The van der Waals surface area contributed by atoms with Crippen molar-refractivity contribution >= 4 is 11.7 Å². The smallest absolute Gasteiger partial charge is 0.256 e. The fourth-order valence-electron chi connectivity index (χ4n) is 2.75. The highest BCUT2D eigenvalue weighted by Crippen LogP contribution is 2.31. The van der Waals surface area contributed by atoms with Crippen molar-refractivity contribution in [1.82, 2.24) is 9.78 Å². The number of nitrogens with one attached hydrogen (secondary N) is 1. The average Bonchev–Trinajstić information content (AvgIpc) is 3.09. The van der Waals surface area contributed by atoms with Crippen LogP contribution >= 0.6 is 0 Å². The Balaban J connectivity index is 1.76. The second-order valence-corrected chi connectivity index (χ2v) is 5.42. The number of aromatic nitrogens is 2. The van der Waals surface area contributed by atoms with E-state index in [1.807, 2.05) is 41.9 Å². The minimum absolute atomic E-state index is 0.0789. The summed E-state index contributed by atoms with van der Waals surface area (Å²) in [6, 6.07) is 9.89. The molecule has 1 heterocycles. The van der Waals surface area contributed by atoms with Crippen molar-refractivity contribution in [2.75, 3.05) is 5.32 Å². The van der Waals surface area contributed by atoms with Crippen LogP contribution in [-0.4, -0.2) is 15.7 Å². The number of carbonyl (C=O) groups excluding carboxylic acids is 1. The monoisotopic (exact) mass is 269 g/mol. The maximum atomic E-state index is 12.2. The summed E-state index contributed by atoms with van der Waals surface area (Å²) in [6.45, 7) is 2.01. The molecule has 1 aliphatic rings. The zero-order chi connectivity index (χ0) is 13.9. The Morgan fingerprint density at radius 2 is 1.90 bits per heavy atom. The zero-order valence-corrected chi connectivity index (χ0v) is 11.7. The molecule has 2 aromatic rings. The van der Waals surface area contributed by atoms with Crippen molar-refractivity contribution in [2.45, 2.75) is 38.6 Å². The number of anilines is 1. The Morgan fingerprint density at radius 3 is 2.60 bits per heavy atom. The lowest BCUT2D eigenvalue weighted by atomic mass is 10.1. The van der Waals surface area contributed by atoms with Gasteiger partial charge in [0.15, 0.2) is 0 Å². The van der Waals surface area contributed by atoms with Gasteiger partial charge >= 0.3 is 0 Å². The molecule has 1 aliphatic carbocycles. The Bertz CT molecular complexity index is 594. The van der Waals surface area contributed by atoms with Gasteiger partial charge in [0.25, 0.3) is 5.91 Å². The molecule has 0 unspecified atom stereocenters. The summed E-state index contributed by atoms with van der Waals surface area (Å²) >= 11 is 0. The fraction of sp³-hybridized carbons (Fsp3) is 0.375. The SMILES string of the molecule is Cc1ccc(C(=O)Nc2ccnn2C2CCCC2)cc1. The Morgan fingerprint density at radius 1 is 1.20 bits per heavy atom. The number of aryl methyl sites for hydroxylation is 1. The van der Waals surface area contributed by atoms with Crippen molar-refractivity contribution in [3.63, 3.8) is 0 Å². The van der Waals surface area contributed by atoms with Gasteiger partial charge in [0.2, 0.25) is 0 Å². The van der Waals surface area contributed by atoms with Gasteiger partial charge in [0.1, 0.15) is 5.82 Å². The summed E-state index contributed by atoms with van der Waals surface area (Å²) in [4.78, 5) is 12.2. The van der Waals surface area contributed by atoms with Crippen LogP contribution in [0, 0.1) is 6.92 Å². The average molecular weight is 269 g/mol. The van der Waals surface area contributed by atoms with Gasteiger partial charge in [-0.1, -0.05) is 30.5 Å². The number of benzene rings is 1. The van der Waals surface area contributed by atoms with Gasteiger partial charge in [-0.15, -0.1) is 0 Å². The lowest BCUT2D eigenvalue weighted by Crippen LogP contribution is -2.17. The van der Waals surface area contributed by atoms with Gasteiger partial charge in [0.05, 0.1) is 12.2 Å². The lowest BCUT2D eigenvalue weighted by Gasteiger charge is -2.14. The van der Waals surface area contributed by atoms with E-state index in [2.05, 4.69) is 10.4 Å². The first-order chi connectivity index (χ1) is 9.74. The fourth-order valence-corrected chi connectivity index (χ4v) is 2.75. The van der Waals surface area contributed by atoms with Crippen molar-refractivity contribution < 1.29 is 4.79 Å². The van der Waals surface area contributed by atoms with E-state index in [4.69, 9.17) is 0 Å². The van der Waals surface area contributed by atoms with Crippen LogP contribution < -0.4 is 5.32 Å². The molecule has 1 aromatic carbocycles. The van der Waals surface area contributed by atoms with E-state index in [-0.39, 0.29) is 5.91 Å². The third-order valence-electron chi connectivity index (χ3n) is 3.90. The molecular formula is C16H19N3O. The van der Waals surface area contributed by atoms with E-state index in [1.165, 1.54) is 12.8 Å². The first-order valence-electron chi connectivity index (χ1n) is 7.15. The van der Waals surface area contributed by atoms with Crippen molar-refractivity contribution in [1.29, 1.82) is 0 Å². The largest absolute Gasteiger partial charge is 0.307 e. The van der Waals surface area contributed by atoms with E-state index in [0.29, 0.717) is 11.6 Å². The normalized spacial score (nSPS) is 15.4. The molecule has 1 N–H and O–H groups in total. The van der Waals surface area contributed by atoms with Crippen LogP contribution in [0.1, 0.15) is 47.6 Å². The second-order valence-electron chi connectivity index (χ2n) is 5.42. The Hall–Kier alpha value is -2.10. The summed E-state index contributed by atoms with van der Waals surface area (Å²) in [7, 11) is 0. The summed E-state index contributed by atoms with van der Waals surface area (Å²) < 4.78 is 1.96. The molecule has 0 aliphatic heterocycles. The number of carbonyl (C=O) groups is 1. The van der Waals surface area contributed by atoms with E-state index in [9.17, 15) is 4.79 Å². The van der Waals surface area contributed by atoms with E-state index < -0.39 is 0 Å². The van der Waals surface area contributed by atoms with Crippen molar-refractivity contribution in [3.8, 4) is 0 Å². The standard InChI is InChI=1S/C16H19N3O/c1-12-6-8-13(9-7-12)16(20)18-15-10-11-17-19(15)14-4-2-3-5-14/h6-11,14H,2-5H2,1H3,(H,18,20). The summed E-state index contributed by atoms with van der Waals surface area (Å²) in [5.41, 5.74) is 1.83. The highest BCUT2D eigenvalue weighted by molar-refractivity contribution is 6.03. The summed E-state index contributed by atoms with van der Waals surface area (Å²) in [5.74, 6) is 0.715. The predicted octanol–water partition coefficient (Wildman–Crippen LogP) is 3.56. The predicted molar refractivity (Wildman–Crippen MR) is 78.9 cm³/mol. The van der Waals surface area contributed by atoms with Gasteiger partial charge in [-0.3, -0.25) is 4.79 Å². The van der Waals surface area contributed by atoms with E-state index >= 15 is 0 Å². The van der Waals surface area contributed by atoms with Crippen LogP contribution in [0.4, 0.5) is 5.82 Å². The molecule has 0 atom stereocenters. The topological polar surface area (TPSA) is 46.9 Å². The van der Waals surface area contributed by atoms with Gasteiger partial charge in [-0.05, 0) is 31.9 Å². The van der Waals surface area contributed by atoms with Gasteiger partial charge < -0.3 is 5.32 Å². The number of hydrogen-bond donors (Lipinski definition) is 1. The molecule has 4 heteroatoms. The van der Waals surface area contributed by atoms with E-state index in [0.717, 1.165) is 24.2 Å². The molecular weight excluding hydrogens is 250 g/mol. The lowest BCUT2D eigenvalue weighted by molar-refractivity contribution is 0.102. The highest BCUT2D eigenvalue weighted by Gasteiger charge is 2.20. The quantitative estimate of drug-likeness (QED) is 0.926. The third-order valence-corrected chi connectivity index (χ3v) is 3.90. The zero-order valence-electron chi connectivity index (χ0n) is 11.7. The minimum Gasteiger partial charge on any atom is -0.307 e. The molecule has 104 valence electrons. The summed E-state index contributed by atoms with van der Waals surface area (Å²) in [5, 5.41) is 7.33. The van der Waals surface area contributed by atoms with Crippen LogP contribution in [0.15, 0.2) is 36.5 Å². The number of rotatable bonds is 3. The second kappa shape index (κ2) is 5.49. The Kier molecular flexibility index (Phi) is 3.54. The molecule has 1 fully saturated rings. The highest BCUT2D eigenvalue weighted by atomic mass is 16.1. The van der Waals surface area contributed by atoms with Gasteiger partial charge in [-0.2, -0.15) is 5.10 Å². The van der Waals surface area contributed by atoms with Crippen molar-refractivity contribution in [3.05, 3.63) is 47.7 Å².